The Hall–Kier alpha value is -7.80. The highest BCUT2D eigenvalue weighted by Crippen LogP contribution is 2.34. The summed E-state index contributed by atoms with van der Waals surface area (Å²) in [4.78, 5) is 75.5. The second-order valence-electron chi connectivity index (χ2n) is 16.4. The third kappa shape index (κ3) is 16.7. The fourth-order valence-corrected chi connectivity index (χ4v) is 6.73. The first-order valence-electron chi connectivity index (χ1n) is 23.4. The van der Waals surface area contributed by atoms with Crippen LogP contribution < -0.4 is 18.9 Å². The number of rotatable bonds is 28. The average Bonchev–Trinajstić information content (AvgIpc) is 4.36. The first kappa shape index (κ1) is 52.0. The molecule has 2 fully saturated rings. The van der Waals surface area contributed by atoms with Gasteiger partial charge in [-0.15, -0.1) is 0 Å². The number of epoxide rings is 2. The molecule has 0 saturated carbocycles. The largest absolute Gasteiger partial charge is 0.498 e. The molecule has 3 aromatic rings. The van der Waals surface area contributed by atoms with E-state index in [0.717, 1.165) is 12.2 Å². The zero-order valence-electron chi connectivity index (χ0n) is 39.4. The number of allylic oxidation sites excluding steroid dienone is 3. The van der Waals surface area contributed by atoms with Gasteiger partial charge in [-0.3, -0.25) is 0 Å². The van der Waals surface area contributed by atoms with Crippen LogP contribution >= 0.6 is 0 Å². The highest BCUT2D eigenvalue weighted by atomic mass is 16.6. The van der Waals surface area contributed by atoms with Crippen molar-refractivity contribution in [3.63, 3.8) is 0 Å². The lowest BCUT2D eigenvalue weighted by molar-refractivity contribution is -0.138. The van der Waals surface area contributed by atoms with Crippen LogP contribution in [0.4, 0.5) is 0 Å². The zero-order valence-corrected chi connectivity index (χ0v) is 39.4. The standard InChI is InChI=1S/C54H54O18/c1-3-49(55)63-27-7-5-25-61-37-13-9-35(10-14-37)51(57)71-47-23-21-41(29-45(47)53(59)67-33-43-31-65-43)69-39-17-19-40(20-18-39)70-42-22-24-48(46(30-42)54(60)68-34-44-32-66-44)72-52(58)36-11-15-38(16-12-36)62-26-6-8-28-64-50(56)4-2/h3-4,9-11,13,15,17-24,29-30,37,43-44H,1-2,5-8,12,14,16,25-28,31-34H2. The van der Waals surface area contributed by atoms with Crippen LogP contribution in [0.1, 0.15) is 65.7 Å². The van der Waals surface area contributed by atoms with Gasteiger partial charge in [0.25, 0.3) is 0 Å². The molecular formula is C54H54O18. The molecule has 0 N–H and O–H groups in total. The van der Waals surface area contributed by atoms with Gasteiger partial charge in [-0.25, -0.2) is 28.8 Å². The summed E-state index contributed by atoms with van der Waals surface area (Å²) in [6.45, 7) is 9.12. The maximum Gasteiger partial charge on any atom is 0.343 e. The molecule has 2 heterocycles. The van der Waals surface area contributed by atoms with Gasteiger partial charge in [0.05, 0.1) is 50.5 Å². The Balaban J connectivity index is 0.942. The maximum atomic E-state index is 13.3. The van der Waals surface area contributed by atoms with Crippen molar-refractivity contribution in [1.29, 1.82) is 0 Å². The van der Waals surface area contributed by atoms with Gasteiger partial charge < -0.3 is 56.8 Å². The second kappa shape index (κ2) is 26.4. The van der Waals surface area contributed by atoms with Crippen molar-refractivity contribution in [1.82, 2.24) is 0 Å². The lowest BCUT2D eigenvalue weighted by Gasteiger charge is -2.17. The van der Waals surface area contributed by atoms with E-state index in [-0.39, 0.29) is 84.4 Å². The number of ether oxygens (including phenoxy) is 12. The van der Waals surface area contributed by atoms with E-state index in [0.29, 0.717) is 94.2 Å². The highest BCUT2D eigenvalue weighted by molar-refractivity contribution is 5.98. The second-order valence-corrected chi connectivity index (χ2v) is 16.4. The van der Waals surface area contributed by atoms with E-state index in [1.807, 2.05) is 0 Å². The Bertz CT molecular complexity index is 2600. The van der Waals surface area contributed by atoms with Crippen LogP contribution in [0.2, 0.25) is 0 Å². The Kier molecular flexibility index (Phi) is 19.1. The Morgan fingerprint density at radius 2 is 1.10 bits per heavy atom. The molecule has 3 atom stereocenters. The first-order chi connectivity index (χ1) is 35.0. The van der Waals surface area contributed by atoms with E-state index in [1.54, 1.807) is 60.7 Å². The summed E-state index contributed by atoms with van der Waals surface area (Å²) < 4.78 is 66.4. The quantitative estimate of drug-likeness (QED) is 0.0167. The molecule has 2 aliphatic heterocycles. The molecule has 3 aromatic carbocycles. The lowest BCUT2D eigenvalue weighted by atomic mass is 10.0. The number of esters is 6. The fraction of sp³-hybridized carbons (Fsp3) is 0.333. The fourth-order valence-electron chi connectivity index (χ4n) is 6.73. The predicted molar refractivity (Wildman–Crippen MR) is 255 cm³/mol. The monoisotopic (exact) mass is 990 g/mol. The van der Waals surface area contributed by atoms with Crippen LogP contribution in [0.25, 0.3) is 0 Å². The summed E-state index contributed by atoms with van der Waals surface area (Å²) >= 11 is 0. The zero-order chi connectivity index (χ0) is 50.7. The van der Waals surface area contributed by atoms with Gasteiger partial charge in [0.1, 0.15) is 71.0 Å². The molecular weight excluding hydrogens is 937 g/mol. The van der Waals surface area contributed by atoms with Gasteiger partial charge >= 0.3 is 35.8 Å². The number of hydrogen-bond acceptors (Lipinski definition) is 18. The number of carbonyl (C=O) groups is 6. The van der Waals surface area contributed by atoms with Gasteiger partial charge in [-0.1, -0.05) is 25.3 Å². The van der Waals surface area contributed by atoms with E-state index in [4.69, 9.17) is 56.8 Å². The lowest BCUT2D eigenvalue weighted by Crippen LogP contribution is -2.18. The van der Waals surface area contributed by atoms with Crippen molar-refractivity contribution in [3.8, 4) is 34.5 Å². The summed E-state index contributed by atoms with van der Waals surface area (Å²) in [7, 11) is 0. The van der Waals surface area contributed by atoms with Crippen molar-refractivity contribution >= 4 is 35.8 Å². The Labute approximate surface area is 415 Å². The molecule has 0 aromatic heterocycles. The summed E-state index contributed by atoms with van der Waals surface area (Å²) in [6.07, 6.45) is 13.8. The van der Waals surface area contributed by atoms with Crippen molar-refractivity contribution in [2.24, 2.45) is 0 Å². The topological polar surface area (TPSA) is 220 Å². The van der Waals surface area contributed by atoms with Crippen molar-refractivity contribution < 1.29 is 85.6 Å². The molecule has 0 spiro atoms. The van der Waals surface area contributed by atoms with Crippen molar-refractivity contribution in [3.05, 3.63) is 144 Å². The van der Waals surface area contributed by atoms with Crippen LogP contribution in [0.15, 0.2) is 133 Å². The van der Waals surface area contributed by atoms with Crippen LogP contribution in [-0.4, -0.2) is 107 Å². The molecule has 72 heavy (non-hydrogen) atoms. The van der Waals surface area contributed by atoms with Gasteiger partial charge in [-0.05, 0) is 117 Å². The molecule has 2 aliphatic carbocycles. The van der Waals surface area contributed by atoms with Crippen molar-refractivity contribution in [2.45, 2.75) is 63.3 Å². The van der Waals surface area contributed by atoms with Gasteiger partial charge in [-0.2, -0.15) is 0 Å². The van der Waals surface area contributed by atoms with Gasteiger partial charge in [0, 0.05) is 30.8 Å². The molecule has 0 bridgehead atoms. The minimum atomic E-state index is -0.744. The maximum absolute atomic E-state index is 13.3. The Morgan fingerprint density at radius 1 is 0.583 bits per heavy atom. The van der Waals surface area contributed by atoms with Gasteiger partial charge in [0.2, 0.25) is 0 Å². The molecule has 0 radical (unpaired) electrons. The molecule has 0 amide bonds. The van der Waals surface area contributed by atoms with Crippen LogP contribution in [-0.2, 0) is 57.1 Å². The molecule has 3 unspecified atom stereocenters. The van der Waals surface area contributed by atoms with Crippen LogP contribution in [0.3, 0.4) is 0 Å². The third-order valence-corrected chi connectivity index (χ3v) is 10.8. The average molecular weight is 991 g/mol. The molecule has 378 valence electrons. The molecule has 18 heteroatoms. The van der Waals surface area contributed by atoms with E-state index < -0.39 is 35.8 Å². The molecule has 18 nitrogen and oxygen atoms in total. The summed E-state index contributed by atoms with van der Waals surface area (Å²) in [5.74, 6) is -1.89. The van der Waals surface area contributed by atoms with E-state index in [9.17, 15) is 28.8 Å². The predicted octanol–water partition coefficient (Wildman–Crippen LogP) is 8.10. The summed E-state index contributed by atoms with van der Waals surface area (Å²) in [5.41, 5.74) is 0.581. The van der Waals surface area contributed by atoms with E-state index in [2.05, 4.69) is 13.2 Å². The number of unbranched alkanes of at least 4 members (excludes halogenated alkanes) is 2. The SMILES string of the molecule is C=CC(=O)OCCCCOC1=CC=C(C(=O)Oc2ccc(Oc3ccc(Oc4ccc(OC(=O)C5=CCC(OCCCCOC(=O)C=C)C=C5)c(C(=O)OCC5CO5)c4)cc3)cc2C(=O)OCC2CO2)CC1. The summed E-state index contributed by atoms with van der Waals surface area (Å²) in [5, 5.41) is 0. The third-order valence-electron chi connectivity index (χ3n) is 10.8. The van der Waals surface area contributed by atoms with Crippen LogP contribution in [0.5, 0.6) is 34.5 Å². The number of carbonyl (C=O) groups excluding carboxylic acids is 6. The summed E-state index contributed by atoms with van der Waals surface area (Å²) in [6, 6.07) is 15.3. The number of benzene rings is 3. The van der Waals surface area contributed by atoms with Gasteiger partial charge in [0.15, 0.2) is 0 Å². The van der Waals surface area contributed by atoms with Crippen LogP contribution in [0, 0.1) is 0 Å². The first-order valence-corrected chi connectivity index (χ1v) is 23.4. The molecule has 4 aliphatic rings. The van der Waals surface area contributed by atoms with E-state index >= 15 is 0 Å². The highest BCUT2D eigenvalue weighted by Gasteiger charge is 2.29. The smallest absolute Gasteiger partial charge is 0.343 e. The van der Waals surface area contributed by atoms with Crippen molar-refractivity contribution in [2.75, 3.05) is 52.9 Å². The molecule has 2 saturated heterocycles. The van der Waals surface area contributed by atoms with E-state index in [1.165, 1.54) is 30.3 Å². The Morgan fingerprint density at radius 3 is 1.58 bits per heavy atom. The minimum absolute atomic E-state index is 0.0236. The normalized spacial score (nSPS) is 17.3. The number of hydrogen-bond donors (Lipinski definition) is 0. The minimum Gasteiger partial charge on any atom is -0.498 e. The molecule has 7 rings (SSSR count).